The number of aliphatic hydroxyl groups is 1. The third-order valence-corrected chi connectivity index (χ3v) is 2.88. The lowest BCUT2D eigenvalue weighted by atomic mass is 10.2. The fourth-order valence-electron chi connectivity index (χ4n) is 1.91. The summed E-state index contributed by atoms with van der Waals surface area (Å²) in [6.45, 7) is 1.18. The molecule has 0 bridgehead atoms. The van der Waals surface area contributed by atoms with Gasteiger partial charge in [-0.2, -0.15) is 0 Å². The van der Waals surface area contributed by atoms with Crippen LogP contribution in [0.4, 0.5) is 11.6 Å². The third kappa shape index (κ3) is 3.37. The Morgan fingerprint density at radius 1 is 1.22 bits per heavy atom. The Labute approximate surface area is 106 Å². The highest BCUT2D eigenvalue weighted by Gasteiger charge is 2.01. The monoisotopic (exact) mass is 248 g/mol. The number of hydrogen-bond donors (Lipinski definition) is 4. The number of unbranched alkanes of at least 4 members (excludes halogenated alkanes) is 3. The number of aromatic amines is 1. The molecule has 5 N–H and O–H groups in total. The lowest BCUT2D eigenvalue weighted by Crippen LogP contribution is -2.02. The fraction of sp³-hybridized carbons (Fsp3) is 0.462. The van der Waals surface area contributed by atoms with E-state index in [9.17, 15) is 0 Å². The zero-order chi connectivity index (χ0) is 12.8. The molecular formula is C13H20N4O. The Morgan fingerprint density at radius 2 is 2.06 bits per heavy atom. The van der Waals surface area contributed by atoms with Crippen LogP contribution in [-0.4, -0.2) is 28.2 Å². The largest absolute Gasteiger partial charge is 0.399 e. The molecule has 0 atom stereocenters. The lowest BCUT2D eigenvalue weighted by molar-refractivity contribution is 0.283. The van der Waals surface area contributed by atoms with Gasteiger partial charge in [0.15, 0.2) is 0 Å². The van der Waals surface area contributed by atoms with Crippen molar-refractivity contribution in [2.75, 3.05) is 24.2 Å². The Kier molecular flexibility index (Phi) is 4.41. The topological polar surface area (TPSA) is 87.0 Å². The Bertz CT molecular complexity index is 495. The molecular weight excluding hydrogens is 228 g/mol. The van der Waals surface area contributed by atoms with E-state index in [1.54, 1.807) is 0 Å². The van der Waals surface area contributed by atoms with Crippen molar-refractivity contribution in [3.05, 3.63) is 18.2 Å². The Morgan fingerprint density at radius 3 is 2.89 bits per heavy atom. The number of rotatable bonds is 7. The van der Waals surface area contributed by atoms with Crippen molar-refractivity contribution in [2.45, 2.75) is 25.7 Å². The summed E-state index contributed by atoms with van der Waals surface area (Å²) in [5.41, 5.74) is 8.33. The third-order valence-electron chi connectivity index (χ3n) is 2.88. The van der Waals surface area contributed by atoms with Crippen LogP contribution in [0.3, 0.4) is 0 Å². The molecule has 0 radical (unpaired) electrons. The highest BCUT2D eigenvalue weighted by atomic mass is 16.2. The van der Waals surface area contributed by atoms with Crippen molar-refractivity contribution in [3.63, 3.8) is 0 Å². The normalized spacial score (nSPS) is 10.9. The smallest absolute Gasteiger partial charge is 0.201 e. The van der Waals surface area contributed by atoms with Crippen LogP contribution in [-0.2, 0) is 0 Å². The number of benzene rings is 1. The molecule has 0 aliphatic carbocycles. The van der Waals surface area contributed by atoms with Gasteiger partial charge in [0, 0.05) is 18.8 Å². The molecule has 0 unspecified atom stereocenters. The SMILES string of the molecule is Nc1ccc2nc(NCCCCCCO)[nH]c2c1. The second kappa shape index (κ2) is 6.26. The van der Waals surface area contributed by atoms with Crippen LogP contribution < -0.4 is 11.1 Å². The zero-order valence-electron chi connectivity index (χ0n) is 10.4. The molecule has 98 valence electrons. The van der Waals surface area contributed by atoms with Gasteiger partial charge in [-0.15, -0.1) is 0 Å². The summed E-state index contributed by atoms with van der Waals surface area (Å²) in [5, 5.41) is 11.9. The van der Waals surface area contributed by atoms with Gasteiger partial charge in [-0.25, -0.2) is 4.98 Å². The summed E-state index contributed by atoms with van der Waals surface area (Å²) >= 11 is 0. The van der Waals surface area contributed by atoms with E-state index >= 15 is 0 Å². The van der Waals surface area contributed by atoms with E-state index < -0.39 is 0 Å². The van der Waals surface area contributed by atoms with Crippen LogP contribution in [0.5, 0.6) is 0 Å². The van der Waals surface area contributed by atoms with Crippen LogP contribution >= 0.6 is 0 Å². The highest BCUT2D eigenvalue weighted by molar-refractivity contribution is 5.80. The van der Waals surface area contributed by atoms with Crippen molar-refractivity contribution >= 4 is 22.7 Å². The molecule has 18 heavy (non-hydrogen) atoms. The van der Waals surface area contributed by atoms with Crippen molar-refractivity contribution in [3.8, 4) is 0 Å². The number of fused-ring (bicyclic) bond motifs is 1. The minimum Gasteiger partial charge on any atom is -0.399 e. The summed E-state index contributed by atoms with van der Waals surface area (Å²) in [6.07, 6.45) is 4.18. The number of imidazole rings is 1. The minimum atomic E-state index is 0.290. The molecule has 2 aromatic rings. The maximum absolute atomic E-state index is 8.66. The van der Waals surface area contributed by atoms with Gasteiger partial charge in [0.1, 0.15) is 0 Å². The highest BCUT2D eigenvalue weighted by Crippen LogP contribution is 2.17. The predicted octanol–water partition coefficient (Wildman–Crippen LogP) is 2.11. The number of nitrogens with two attached hydrogens (primary N) is 1. The second-order valence-corrected chi connectivity index (χ2v) is 4.43. The first-order valence-electron chi connectivity index (χ1n) is 6.39. The van der Waals surface area contributed by atoms with E-state index in [1.165, 1.54) is 0 Å². The molecule has 0 spiro atoms. The molecule has 1 heterocycles. The Hall–Kier alpha value is -1.75. The molecule has 2 rings (SSSR count). The van der Waals surface area contributed by atoms with Gasteiger partial charge in [-0.1, -0.05) is 12.8 Å². The van der Waals surface area contributed by atoms with E-state index in [4.69, 9.17) is 10.8 Å². The summed E-state index contributed by atoms with van der Waals surface area (Å²) in [7, 11) is 0. The van der Waals surface area contributed by atoms with Gasteiger partial charge in [-0.3, -0.25) is 0 Å². The number of hydrogen-bond acceptors (Lipinski definition) is 4. The van der Waals surface area contributed by atoms with Crippen LogP contribution in [0.15, 0.2) is 18.2 Å². The fourth-order valence-corrected chi connectivity index (χ4v) is 1.91. The average Bonchev–Trinajstić information content (AvgIpc) is 2.75. The van der Waals surface area contributed by atoms with Crippen LogP contribution in [0.1, 0.15) is 25.7 Å². The summed E-state index contributed by atoms with van der Waals surface area (Å²) in [5.74, 6) is 0.790. The molecule has 1 aromatic heterocycles. The molecule has 0 saturated heterocycles. The number of nitrogens with one attached hydrogen (secondary N) is 2. The maximum atomic E-state index is 8.66. The average molecular weight is 248 g/mol. The zero-order valence-corrected chi connectivity index (χ0v) is 10.4. The number of nitrogen functional groups attached to an aromatic ring is 1. The molecule has 5 heteroatoms. The lowest BCUT2D eigenvalue weighted by Gasteiger charge is -2.01. The number of aromatic nitrogens is 2. The van der Waals surface area contributed by atoms with Gasteiger partial charge in [0.05, 0.1) is 11.0 Å². The van der Waals surface area contributed by atoms with Gasteiger partial charge < -0.3 is 21.1 Å². The number of H-pyrrole nitrogens is 1. The van der Waals surface area contributed by atoms with E-state index in [2.05, 4.69) is 15.3 Å². The maximum Gasteiger partial charge on any atom is 0.201 e. The molecule has 0 amide bonds. The minimum absolute atomic E-state index is 0.290. The van der Waals surface area contributed by atoms with Crippen molar-refractivity contribution in [1.82, 2.24) is 9.97 Å². The van der Waals surface area contributed by atoms with Crippen molar-refractivity contribution in [2.24, 2.45) is 0 Å². The first-order valence-corrected chi connectivity index (χ1v) is 6.39. The predicted molar refractivity (Wildman–Crippen MR) is 74.5 cm³/mol. The quantitative estimate of drug-likeness (QED) is 0.446. The van der Waals surface area contributed by atoms with E-state index in [1.807, 2.05) is 18.2 Å². The van der Waals surface area contributed by atoms with Crippen molar-refractivity contribution < 1.29 is 5.11 Å². The van der Waals surface area contributed by atoms with Crippen LogP contribution in [0.25, 0.3) is 11.0 Å². The molecule has 0 saturated carbocycles. The molecule has 0 fully saturated rings. The Balaban J connectivity index is 1.81. The molecule has 0 aliphatic rings. The van der Waals surface area contributed by atoms with Crippen LogP contribution in [0.2, 0.25) is 0 Å². The standard InChI is InChI=1S/C13H20N4O/c14-10-5-6-11-12(9-10)17-13(16-11)15-7-3-1-2-4-8-18/h5-6,9,18H,1-4,7-8,14H2,(H2,15,16,17). The molecule has 5 nitrogen and oxygen atoms in total. The van der Waals surface area contributed by atoms with Gasteiger partial charge in [0.25, 0.3) is 0 Å². The van der Waals surface area contributed by atoms with Gasteiger partial charge in [0.2, 0.25) is 5.95 Å². The first-order chi connectivity index (χ1) is 8.79. The summed E-state index contributed by atoms with van der Waals surface area (Å²) < 4.78 is 0. The molecule has 0 aliphatic heterocycles. The van der Waals surface area contributed by atoms with Crippen LogP contribution in [0, 0.1) is 0 Å². The number of anilines is 2. The number of nitrogens with zero attached hydrogens (tertiary/aromatic N) is 1. The van der Waals surface area contributed by atoms with E-state index in [0.717, 1.165) is 54.9 Å². The first kappa shape index (κ1) is 12.7. The van der Waals surface area contributed by atoms with Gasteiger partial charge in [-0.05, 0) is 31.0 Å². The summed E-state index contributed by atoms with van der Waals surface area (Å²) in [6, 6.07) is 5.64. The van der Waals surface area contributed by atoms with Gasteiger partial charge >= 0.3 is 0 Å². The number of aliphatic hydroxyl groups excluding tert-OH is 1. The molecule has 1 aromatic carbocycles. The van der Waals surface area contributed by atoms with E-state index in [0.29, 0.717) is 6.61 Å². The van der Waals surface area contributed by atoms with E-state index in [-0.39, 0.29) is 0 Å². The summed E-state index contributed by atoms with van der Waals surface area (Å²) in [4.78, 5) is 7.62. The van der Waals surface area contributed by atoms with Crippen molar-refractivity contribution in [1.29, 1.82) is 0 Å². The second-order valence-electron chi connectivity index (χ2n) is 4.43.